The number of benzene rings is 1. The highest BCUT2D eigenvalue weighted by Crippen LogP contribution is 2.44. The Kier molecular flexibility index (Phi) is 4.20. The van der Waals surface area contributed by atoms with Gasteiger partial charge < -0.3 is 0 Å². The normalized spacial score (nSPS) is 23.3. The number of imide groups is 1. The molecule has 0 radical (unpaired) electrons. The van der Waals surface area contributed by atoms with Crippen LogP contribution in [0.4, 0.5) is 5.69 Å². The first-order valence-corrected chi connectivity index (χ1v) is 7.76. The van der Waals surface area contributed by atoms with E-state index in [4.69, 9.17) is 0 Å². The molecule has 1 aromatic carbocycles. The minimum absolute atomic E-state index is 0.0816. The van der Waals surface area contributed by atoms with Crippen molar-refractivity contribution in [3.63, 3.8) is 0 Å². The van der Waals surface area contributed by atoms with Crippen LogP contribution in [0.5, 0.6) is 0 Å². The molecule has 0 N–H and O–H groups in total. The molecule has 1 aliphatic rings. The van der Waals surface area contributed by atoms with Gasteiger partial charge in [0, 0.05) is 4.90 Å². The summed E-state index contributed by atoms with van der Waals surface area (Å²) in [5.74, 6) is -0.561. The van der Waals surface area contributed by atoms with Crippen molar-refractivity contribution in [2.45, 2.75) is 39.5 Å². The molecule has 2 rings (SSSR count). The Balaban J connectivity index is 2.47. The number of carbonyl (C=O) groups is 2. The maximum absolute atomic E-state index is 12.8. The first-order chi connectivity index (χ1) is 9.64. The number of rotatable bonds is 2. The zero-order valence-electron chi connectivity index (χ0n) is 13.3. The highest BCUT2D eigenvalue weighted by molar-refractivity contribution is 7.80. The average Bonchev–Trinajstić information content (AvgIpc) is 2.62. The number of amides is 2. The van der Waals surface area contributed by atoms with E-state index in [0.717, 1.165) is 4.90 Å². The maximum atomic E-state index is 12.8. The Morgan fingerprint density at radius 1 is 1.05 bits per heavy atom. The fourth-order valence-electron chi connectivity index (χ4n) is 3.13. The van der Waals surface area contributed by atoms with Crippen LogP contribution in [0.1, 0.15) is 34.6 Å². The van der Waals surface area contributed by atoms with Crippen LogP contribution in [0.25, 0.3) is 0 Å². The standard InChI is InChI=1S/C17H23NO2S/c1-10(2)13-14(17(3,4)5)16(20)18(15(13)19)11-6-8-12(21)9-7-11/h6-10,13-14,21H,1-5H3. The molecule has 0 bridgehead atoms. The molecule has 0 saturated carbocycles. The first kappa shape index (κ1) is 16.1. The smallest absolute Gasteiger partial charge is 0.238 e. The summed E-state index contributed by atoms with van der Waals surface area (Å²) in [5.41, 5.74) is 0.403. The van der Waals surface area contributed by atoms with Crippen molar-refractivity contribution >= 4 is 30.1 Å². The van der Waals surface area contributed by atoms with E-state index in [2.05, 4.69) is 12.6 Å². The van der Waals surface area contributed by atoms with E-state index in [1.54, 1.807) is 24.3 Å². The lowest BCUT2D eigenvalue weighted by atomic mass is 9.71. The summed E-state index contributed by atoms with van der Waals surface area (Å²) in [6.07, 6.45) is 0. The number of carbonyl (C=O) groups excluding carboxylic acids is 2. The molecule has 4 heteroatoms. The Hall–Kier alpha value is -1.29. The lowest BCUT2D eigenvalue weighted by molar-refractivity contribution is -0.124. The van der Waals surface area contributed by atoms with Crippen LogP contribution < -0.4 is 4.90 Å². The summed E-state index contributed by atoms with van der Waals surface area (Å²) in [4.78, 5) is 27.8. The molecule has 21 heavy (non-hydrogen) atoms. The Labute approximate surface area is 132 Å². The second-order valence-corrected chi connectivity index (χ2v) is 7.66. The number of thiol groups is 1. The minimum atomic E-state index is -0.277. The fraction of sp³-hybridized carbons (Fsp3) is 0.529. The van der Waals surface area contributed by atoms with Gasteiger partial charge in [-0.1, -0.05) is 34.6 Å². The van der Waals surface area contributed by atoms with E-state index in [9.17, 15) is 9.59 Å². The van der Waals surface area contributed by atoms with E-state index in [1.165, 1.54) is 4.90 Å². The van der Waals surface area contributed by atoms with E-state index in [1.807, 2.05) is 34.6 Å². The van der Waals surface area contributed by atoms with Crippen LogP contribution in [-0.2, 0) is 9.59 Å². The second kappa shape index (κ2) is 5.48. The van der Waals surface area contributed by atoms with Crippen LogP contribution in [0.15, 0.2) is 29.2 Å². The third-order valence-corrected chi connectivity index (χ3v) is 4.41. The number of anilines is 1. The molecule has 0 spiro atoms. The van der Waals surface area contributed by atoms with E-state index >= 15 is 0 Å². The second-order valence-electron chi connectivity index (χ2n) is 7.14. The molecule has 1 saturated heterocycles. The van der Waals surface area contributed by atoms with Crippen molar-refractivity contribution in [3.8, 4) is 0 Å². The molecule has 2 amide bonds. The van der Waals surface area contributed by atoms with Gasteiger partial charge in [0.05, 0.1) is 17.5 Å². The van der Waals surface area contributed by atoms with Gasteiger partial charge in [-0.05, 0) is 35.6 Å². The summed E-state index contributed by atoms with van der Waals surface area (Å²) >= 11 is 4.24. The predicted octanol–water partition coefficient (Wildman–Crippen LogP) is 3.78. The first-order valence-electron chi connectivity index (χ1n) is 7.31. The molecular formula is C17H23NO2S. The van der Waals surface area contributed by atoms with Crippen LogP contribution in [0.3, 0.4) is 0 Å². The summed E-state index contributed by atoms with van der Waals surface area (Å²) in [5, 5.41) is 0. The SMILES string of the molecule is CC(C)C1C(=O)N(c2ccc(S)cc2)C(=O)C1C(C)(C)C. The highest BCUT2D eigenvalue weighted by Gasteiger charge is 2.53. The lowest BCUT2D eigenvalue weighted by Gasteiger charge is -2.30. The van der Waals surface area contributed by atoms with E-state index < -0.39 is 0 Å². The largest absolute Gasteiger partial charge is 0.274 e. The van der Waals surface area contributed by atoms with Crippen molar-refractivity contribution in [1.29, 1.82) is 0 Å². The molecule has 1 fully saturated rings. The molecule has 1 aliphatic heterocycles. The van der Waals surface area contributed by atoms with Crippen molar-refractivity contribution in [2.24, 2.45) is 23.2 Å². The Morgan fingerprint density at radius 2 is 1.57 bits per heavy atom. The quantitative estimate of drug-likeness (QED) is 0.667. The van der Waals surface area contributed by atoms with Gasteiger partial charge in [0.1, 0.15) is 0 Å². The number of hydrogen-bond donors (Lipinski definition) is 1. The molecule has 0 aliphatic carbocycles. The minimum Gasteiger partial charge on any atom is -0.274 e. The summed E-state index contributed by atoms with van der Waals surface area (Å²) < 4.78 is 0. The third-order valence-electron chi connectivity index (χ3n) is 4.11. The van der Waals surface area contributed by atoms with Crippen LogP contribution >= 0.6 is 12.6 Å². The summed E-state index contributed by atoms with van der Waals surface area (Å²) in [6, 6.07) is 7.16. The van der Waals surface area contributed by atoms with E-state index in [0.29, 0.717) is 5.69 Å². The zero-order valence-corrected chi connectivity index (χ0v) is 14.1. The summed E-state index contributed by atoms with van der Waals surface area (Å²) in [7, 11) is 0. The zero-order chi connectivity index (χ0) is 15.9. The van der Waals surface area contributed by atoms with Crippen molar-refractivity contribution in [3.05, 3.63) is 24.3 Å². The Morgan fingerprint density at radius 3 is 1.95 bits per heavy atom. The highest BCUT2D eigenvalue weighted by atomic mass is 32.1. The van der Waals surface area contributed by atoms with Crippen LogP contribution in [0, 0.1) is 23.2 Å². The number of hydrogen-bond acceptors (Lipinski definition) is 3. The lowest BCUT2D eigenvalue weighted by Crippen LogP contribution is -2.34. The monoisotopic (exact) mass is 305 g/mol. The molecule has 2 atom stereocenters. The van der Waals surface area contributed by atoms with Crippen molar-refractivity contribution in [1.82, 2.24) is 0 Å². The van der Waals surface area contributed by atoms with Gasteiger partial charge in [-0.2, -0.15) is 0 Å². The van der Waals surface area contributed by atoms with Crippen LogP contribution in [0.2, 0.25) is 0 Å². The third kappa shape index (κ3) is 2.86. The molecule has 3 nitrogen and oxygen atoms in total. The molecule has 1 aromatic rings. The van der Waals surface area contributed by atoms with Gasteiger partial charge in [0.25, 0.3) is 0 Å². The van der Waals surface area contributed by atoms with E-state index in [-0.39, 0.29) is 35.0 Å². The molecular weight excluding hydrogens is 282 g/mol. The molecule has 0 aromatic heterocycles. The molecule has 2 unspecified atom stereocenters. The van der Waals surface area contributed by atoms with Crippen molar-refractivity contribution < 1.29 is 9.59 Å². The van der Waals surface area contributed by atoms with Gasteiger partial charge in [-0.15, -0.1) is 12.6 Å². The van der Waals surface area contributed by atoms with Gasteiger partial charge in [-0.3, -0.25) is 14.5 Å². The topological polar surface area (TPSA) is 37.4 Å². The van der Waals surface area contributed by atoms with Crippen LogP contribution in [-0.4, -0.2) is 11.8 Å². The van der Waals surface area contributed by atoms with Gasteiger partial charge >= 0.3 is 0 Å². The predicted molar refractivity (Wildman–Crippen MR) is 87.5 cm³/mol. The molecule has 114 valence electrons. The van der Waals surface area contributed by atoms with Crippen molar-refractivity contribution in [2.75, 3.05) is 4.90 Å². The molecule has 1 heterocycles. The number of nitrogens with zero attached hydrogens (tertiary/aromatic N) is 1. The fourth-order valence-corrected chi connectivity index (χ4v) is 3.28. The van der Waals surface area contributed by atoms with Gasteiger partial charge in [0.15, 0.2) is 0 Å². The van der Waals surface area contributed by atoms with Gasteiger partial charge in [0.2, 0.25) is 11.8 Å². The average molecular weight is 305 g/mol. The maximum Gasteiger partial charge on any atom is 0.238 e. The summed E-state index contributed by atoms with van der Waals surface area (Å²) in [6.45, 7) is 10.1. The Bertz CT molecular complexity index is 557. The van der Waals surface area contributed by atoms with Gasteiger partial charge in [-0.25, -0.2) is 0 Å².